The van der Waals surface area contributed by atoms with Crippen LogP contribution in [0.2, 0.25) is 0 Å². The number of carbonyl (C=O) groups excluding carboxylic acids is 1. The number of ether oxygens (including phenoxy) is 2. The molecule has 1 amide bonds. The number of halogens is 1. The SMILES string of the molecule is COCOCCCNc1cc(N(C)CCCN(C)C)ccc1C(=O)Nn1ncc2cc(S(=O)(=O)c3cccc(F)c3)ccc21. The van der Waals surface area contributed by atoms with Gasteiger partial charge in [0.05, 0.1) is 33.7 Å². The Morgan fingerprint density at radius 1 is 1.00 bits per heavy atom. The Hall–Kier alpha value is -4.04. The van der Waals surface area contributed by atoms with Crippen molar-refractivity contribution in [1.82, 2.24) is 14.8 Å². The van der Waals surface area contributed by atoms with Crippen LogP contribution >= 0.6 is 0 Å². The third-order valence-electron chi connectivity index (χ3n) is 6.93. The van der Waals surface area contributed by atoms with E-state index in [-0.39, 0.29) is 16.6 Å². The van der Waals surface area contributed by atoms with Gasteiger partial charge in [0.2, 0.25) is 9.84 Å². The van der Waals surface area contributed by atoms with Crippen molar-refractivity contribution in [3.05, 3.63) is 78.2 Å². The third-order valence-corrected chi connectivity index (χ3v) is 8.68. The number of anilines is 2. The van der Waals surface area contributed by atoms with E-state index in [2.05, 4.69) is 25.6 Å². The average Bonchev–Trinajstić information content (AvgIpc) is 3.40. The smallest absolute Gasteiger partial charge is 0.273 e. The number of benzene rings is 3. The molecule has 4 rings (SSSR count). The third kappa shape index (κ3) is 8.32. The topological polar surface area (TPSA) is 118 Å². The van der Waals surface area contributed by atoms with Crippen LogP contribution in [0.15, 0.2) is 76.7 Å². The first-order chi connectivity index (χ1) is 21.1. The Balaban J connectivity index is 1.54. The van der Waals surface area contributed by atoms with Gasteiger partial charge < -0.3 is 24.6 Å². The van der Waals surface area contributed by atoms with Crippen molar-refractivity contribution in [2.75, 3.05) is 76.9 Å². The summed E-state index contributed by atoms with van der Waals surface area (Å²) >= 11 is 0. The molecule has 1 aromatic heterocycles. The van der Waals surface area contributed by atoms with Gasteiger partial charge in [-0.15, -0.1) is 0 Å². The first kappa shape index (κ1) is 32.9. The second-order valence-electron chi connectivity index (χ2n) is 10.6. The van der Waals surface area contributed by atoms with E-state index in [0.29, 0.717) is 41.7 Å². The number of nitrogens with zero attached hydrogens (tertiary/aromatic N) is 4. The van der Waals surface area contributed by atoms with Gasteiger partial charge in [-0.2, -0.15) is 9.89 Å². The highest BCUT2D eigenvalue weighted by atomic mass is 32.2. The lowest BCUT2D eigenvalue weighted by atomic mass is 10.1. The van der Waals surface area contributed by atoms with E-state index in [1.165, 1.54) is 41.3 Å². The molecule has 0 bridgehead atoms. The molecule has 11 nitrogen and oxygen atoms in total. The largest absolute Gasteiger partial charge is 0.384 e. The lowest BCUT2D eigenvalue weighted by Gasteiger charge is -2.22. The quantitative estimate of drug-likeness (QED) is 0.139. The number of nitrogens with one attached hydrogen (secondary N) is 2. The van der Waals surface area contributed by atoms with Crippen LogP contribution in [0.25, 0.3) is 10.9 Å². The highest BCUT2D eigenvalue weighted by Gasteiger charge is 2.20. The van der Waals surface area contributed by atoms with Crippen molar-refractivity contribution in [2.24, 2.45) is 0 Å². The highest BCUT2D eigenvalue weighted by Crippen LogP contribution is 2.27. The summed E-state index contributed by atoms with van der Waals surface area (Å²) in [5.74, 6) is -1.04. The second kappa shape index (κ2) is 15.1. The van der Waals surface area contributed by atoms with Gasteiger partial charge in [-0.05, 0) is 88.1 Å². The summed E-state index contributed by atoms with van der Waals surface area (Å²) in [4.78, 5) is 19.0. The number of carbonyl (C=O) groups is 1. The Labute approximate surface area is 257 Å². The van der Waals surface area contributed by atoms with E-state index in [1.54, 1.807) is 19.2 Å². The van der Waals surface area contributed by atoms with Gasteiger partial charge in [0.25, 0.3) is 5.91 Å². The van der Waals surface area contributed by atoms with E-state index >= 15 is 0 Å². The first-order valence-corrected chi connectivity index (χ1v) is 15.7. The molecule has 0 spiro atoms. The van der Waals surface area contributed by atoms with E-state index in [4.69, 9.17) is 9.47 Å². The fraction of sp³-hybridized carbons (Fsp3) is 0.355. The number of rotatable bonds is 16. The van der Waals surface area contributed by atoms with Crippen LogP contribution in [0.1, 0.15) is 23.2 Å². The number of aromatic nitrogens is 2. The molecular formula is C31H39FN6O5S. The number of hydrogen-bond acceptors (Lipinski definition) is 9. The molecule has 0 aliphatic carbocycles. The minimum atomic E-state index is -3.95. The molecule has 2 N–H and O–H groups in total. The van der Waals surface area contributed by atoms with Crippen molar-refractivity contribution in [1.29, 1.82) is 0 Å². The van der Waals surface area contributed by atoms with Crippen molar-refractivity contribution < 1.29 is 27.1 Å². The van der Waals surface area contributed by atoms with Gasteiger partial charge in [-0.3, -0.25) is 4.79 Å². The van der Waals surface area contributed by atoms with Crippen LogP contribution in [0, 0.1) is 5.82 Å². The van der Waals surface area contributed by atoms with E-state index in [1.807, 2.05) is 33.3 Å². The van der Waals surface area contributed by atoms with Gasteiger partial charge in [-0.1, -0.05) is 6.07 Å². The summed E-state index contributed by atoms with van der Waals surface area (Å²) in [6.45, 7) is 3.11. The Kier molecular flexibility index (Phi) is 11.3. The summed E-state index contributed by atoms with van der Waals surface area (Å²) in [6.07, 6.45) is 3.16. The molecule has 0 atom stereocenters. The summed E-state index contributed by atoms with van der Waals surface area (Å²) < 4.78 is 50.1. The van der Waals surface area contributed by atoms with Crippen LogP contribution in [-0.4, -0.2) is 90.4 Å². The zero-order chi connectivity index (χ0) is 31.7. The molecule has 44 heavy (non-hydrogen) atoms. The molecule has 1 heterocycles. The minimum absolute atomic E-state index is 0.00673. The van der Waals surface area contributed by atoms with E-state index < -0.39 is 21.6 Å². The normalized spacial score (nSPS) is 11.7. The van der Waals surface area contributed by atoms with Crippen LogP contribution in [0.3, 0.4) is 0 Å². The summed E-state index contributed by atoms with van der Waals surface area (Å²) in [5.41, 5.74) is 5.34. The maximum absolute atomic E-state index is 13.7. The predicted octanol–water partition coefficient (Wildman–Crippen LogP) is 4.20. The summed E-state index contributed by atoms with van der Waals surface area (Å²) in [5, 5.41) is 8.12. The molecule has 13 heteroatoms. The molecule has 0 saturated carbocycles. The zero-order valence-corrected chi connectivity index (χ0v) is 26.2. The summed E-state index contributed by atoms with van der Waals surface area (Å²) in [6, 6.07) is 14.9. The van der Waals surface area contributed by atoms with Crippen LogP contribution < -0.4 is 15.6 Å². The Morgan fingerprint density at radius 3 is 2.55 bits per heavy atom. The molecule has 0 radical (unpaired) electrons. The molecule has 0 aliphatic heterocycles. The predicted molar refractivity (Wildman–Crippen MR) is 169 cm³/mol. The minimum Gasteiger partial charge on any atom is -0.384 e. The maximum Gasteiger partial charge on any atom is 0.273 e. The van der Waals surface area contributed by atoms with Crippen LogP contribution in [0.5, 0.6) is 0 Å². The van der Waals surface area contributed by atoms with Crippen LogP contribution in [-0.2, 0) is 19.3 Å². The Bertz CT molecular complexity index is 1680. The Morgan fingerprint density at radius 2 is 1.80 bits per heavy atom. The molecular weight excluding hydrogens is 587 g/mol. The first-order valence-electron chi connectivity index (χ1n) is 14.2. The van der Waals surface area contributed by atoms with Crippen molar-refractivity contribution in [3.8, 4) is 0 Å². The molecule has 0 saturated heterocycles. The fourth-order valence-electron chi connectivity index (χ4n) is 4.60. The molecule has 0 unspecified atom stereocenters. The van der Waals surface area contributed by atoms with Gasteiger partial charge in [0.15, 0.2) is 0 Å². The number of fused-ring (bicyclic) bond motifs is 1. The average molecular weight is 627 g/mol. The molecule has 3 aromatic carbocycles. The summed E-state index contributed by atoms with van der Waals surface area (Å²) in [7, 11) is 3.73. The van der Waals surface area contributed by atoms with E-state index in [0.717, 1.165) is 31.3 Å². The monoisotopic (exact) mass is 626 g/mol. The van der Waals surface area contributed by atoms with Crippen molar-refractivity contribution >= 4 is 38.0 Å². The number of amides is 1. The molecule has 0 fully saturated rings. The maximum atomic E-state index is 13.7. The van der Waals surface area contributed by atoms with E-state index in [9.17, 15) is 17.6 Å². The van der Waals surface area contributed by atoms with Gasteiger partial charge in [0, 0.05) is 44.0 Å². The molecule has 236 valence electrons. The fourth-order valence-corrected chi connectivity index (χ4v) is 5.93. The number of sulfone groups is 1. The van der Waals surface area contributed by atoms with Crippen LogP contribution in [0.4, 0.5) is 15.8 Å². The lowest BCUT2D eigenvalue weighted by Crippen LogP contribution is -2.26. The van der Waals surface area contributed by atoms with Crippen molar-refractivity contribution in [3.63, 3.8) is 0 Å². The van der Waals surface area contributed by atoms with Gasteiger partial charge >= 0.3 is 0 Å². The zero-order valence-electron chi connectivity index (χ0n) is 25.4. The highest BCUT2D eigenvalue weighted by molar-refractivity contribution is 7.91. The number of hydrogen-bond donors (Lipinski definition) is 2. The lowest BCUT2D eigenvalue weighted by molar-refractivity contribution is -0.0303. The molecule has 0 aliphatic rings. The van der Waals surface area contributed by atoms with Gasteiger partial charge in [0.1, 0.15) is 12.6 Å². The van der Waals surface area contributed by atoms with Crippen molar-refractivity contribution in [2.45, 2.75) is 22.6 Å². The van der Waals surface area contributed by atoms with Gasteiger partial charge in [-0.25, -0.2) is 18.2 Å². The molecule has 4 aromatic rings. The number of methoxy groups -OCH3 is 1. The standard InChI is InChI=1S/C31H39FN6O5S/c1-36(2)15-7-16-37(3)25-10-12-28(29(20-25)33-14-6-17-43-22-42-4)31(39)35-38-30-13-11-27(18-23(30)21-34-38)44(40,41)26-9-5-8-24(32)19-26/h5,8-13,18-21,33H,6-7,14-17,22H2,1-4H3,(H,35,39). The second-order valence-corrected chi connectivity index (χ2v) is 12.5.